The highest BCUT2D eigenvalue weighted by Crippen LogP contribution is 2.39. The molecule has 0 saturated heterocycles. The molecule has 1 fully saturated rings. The van der Waals surface area contributed by atoms with Gasteiger partial charge in [-0.05, 0) is 91.9 Å². The van der Waals surface area contributed by atoms with Gasteiger partial charge in [-0.1, -0.05) is 18.6 Å². The first-order valence-corrected chi connectivity index (χ1v) is 12.9. The van der Waals surface area contributed by atoms with Crippen LogP contribution < -0.4 is 10.5 Å². The standard InChI is InChI=1S/C24H29FN4O2S/c1-29(18-5-3-6-18)14-15-8-11-22(21(25)12-15)32(26,31)28-24(30)27-23-19-7-2-4-16(19)13-17-9-10-20(17)23/h8,11-13,18H,2-7,9-10,14H2,1H3,(H3,26,27,28,30,31)/t32-/m1/s1. The molecule has 2 aromatic rings. The van der Waals surface area contributed by atoms with Crippen LogP contribution in [0.15, 0.2) is 33.5 Å². The van der Waals surface area contributed by atoms with Crippen molar-refractivity contribution in [1.29, 1.82) is 0 Å². The van der Waals surface area contributed by atoms with E-state index in [9.17, 15) is 13.4 Å². The van der Waals surface area contributed by atoms with Gasteiger partial charge in [-0.15, -0.1) is 4.36 Å². The molecule has 3 aliphatic carbocycles. The first-order chi connectivity index (χ1) is 15.3. The minimum Gasteiger partial charge on any atom is -0.305 e. The Bertz CT molecular complexity index is 1210. The number of hydrogen-bond acceptors (Lipinski definition) is 3. The Labute approximate surface area is 188 Å². The third-order valence-electron chi connectivity index (χ3n) is 7.14. The van der Waals surface area contributed by atoms with Crippen LogP contribution in [0, 0.1) is 5.82 Å². The monoisotopic (exact) mass is 456 g/mol. The Morgan fingerprint density at radius 3 is 2.56 bits per heavy atom. The van der Waals surface area contributed by atoms with Gasteiger partial charge in [-0.2, -0.15) is 0 Å². The summed E-state index contributed by atoms with van der Waals surface area (Å²) in [6, 6.07) is 6.43. The summed E-state index contributed by atoms with van der Waals surface area (Å²) in [6.07, 6.45) is 8.43. The summed E-state index contributed by atoms with van der Waals surface area (Å²) in [7, 11) is -1.69. The van der Waals surface area contributed by atoms with Crippen molar-refractivity contribution in [3.05, 3.63) is 57.9 Å². The van der Waals surface area contributed by atoms with E-state index in [0.717, 1.165) is 67.3 Å². The van der Waals surface area contributed by atoms with Crippen LogP contribution >= 0.6 is 0 Å². The minimum atomic E-state index is -3.71. The topological polar surface area (TPSA) is 87.8 Å². The minimum absolute atomic E-state index is 0.242. The number of rotatable bonds is 5. The van der Waals surface area contributed by atoms with Gasteiger partial charge in [0.15, 0.2) is 0 Å². The van der Waals surface area contributed by atoms with Crippen molar-refractivity contribution < 1.29 is 13.4 Å². The Hall–Kier alpha value is -2.29. The van der Waals surface area contributed by atoms with Gasteiger partial charge < -0.3 is 5.32 Å². The number of carbonyl (C=O) groups excluding carboxylic acids is 1. The molecule has 0 heterocycles. The number of nitrogens with two attached hydrogens (primary N) is 1. The molecule has 0 bridgehead atoms. The van der Waals surface area contributed by atoms with Gasteiger partial charge in [0, 0.05) is 18.3 Å². The number of aryl methyl sites for hydroxylation is 2. The fourth-order valence-electron chi connectivity index (χ4n) is 5.02. The fraction of sp³-hybridized carbons (Fsp3) is 0.458. The summed E-state index contributed by atoms with van der Waals surface area (Å²) in [5.41, 5.74) is 6.36. The number of nitrogens with zero attached hydrogens (tertiary/aromatic N) is 2. The second kappa shape index (κ2) is 8.24. The van der Waals surface area contributed by atoms with E-state index in [4.69, 9.17) is 5.14 Å². The van der Waals surface area contributed by atoms with Crippen LogP contribution in [-0.2, 0) is 42.1 Å². The lowest BCUT2D eigenvalue weighted by atomic mass is 9.83. The molecule has 1 atom stereocenters. The molecule has 8 heteroatoms. The van der Waals surface area contributed by atoms with Crippen molar-refractivity contribution in [2.24, 2.45) is 9.50 Å². The van der Waals surface area contributed by atoms with Crippen LogP contribution in [0.3, 0.4) is 0 Å². The maximum atomic E-state index is 14.8. The molecule has 3 N–H and O–H groups in total. The highest BCUT2D eigenvalue weighted by atomic mass is 32.2. The van der Waals surface area contributed by atoms with E-state index >= 15 is 0 Å². The van der Waals surface area contributed by atoms with Crippen LogP contribution in [-0.4, -0.2) is 28.2 Å². The molecule has 2 amide bonds. The molecule has 170 valence electrons. The molecule has 6 nitrogen and oxygen atoms in total. The van der Waals surface area contributed by atoms with Gasteiger partial charge in [-0.3, -0.25) is 4.90 Å². The van der Waals surface area contributed by atoms with Gasteiger partial charge in [0.05, 0.1) is 4.90 Å². The zero-order valence-corrected chi connectivity index (χ0v) is 19.1. The summed E-state index contributed by atoms with van der Waals surface area (Å²) < 4.78 is 31.5. The van der Waals surface area contributed by atoms with Crippen molar-refractivity contribution in [3.8, 4) is 0 Å². The predicted octanol–water partition coefficient (Wildman–Crippen LogP) is 4.33. The second-order valence-corrected chi connectivity index (χ2v) is 11.0. The van der Waals surface area contributed by atoms with Gasteiger partial charge in [0.1, 0.15) is 15.7 Å². The molecule has 0 unspecified atom stereocenters. The molecule has 1 saturated carbocycles. The smallest absolute Gasteiger partial charge is 0.305 e. The van der Waals surface area contributed by atoms with E-state index in [2.05, 4.69) is 20.6 Å². The maximum absolute atomic E-state index is 14.8. The van der Waals surface area contributed by atoms with E-state index in [-0.39, 0.29) is 4.90 Å². The Morgan fingerprint density at radius 2 is 1.91 bits per heavy atom. The van der Waals surface area contributed by atoms with Gasteiger partial charge in [0.25, 0.3) is 0 Å². The Morgan fingerprint density at radius 1 is 1.16 bits per heavy atom. The lowest BCUT2D eigenvalue weighted by Crippen LogP contribution is -2.36. The predicted molar refractivity (Wildman–Crippen MR) is 123 cm³/mol. The van der Waals surface area contributed by atoms with Crippen molar-refractivity contribution in [2.75, 3.05) is 12.4 Å². The number of halogens is 1. The number of benzene rings is 2. The van der Waals surface area contributed by atoms with Crippen molar-refractivity contribution in [1.82, 2.24) is 4.90 Å². The molecule has 3 aliphatic rings. The number of anilines is 1. The summed E-state index contributed by atoms with van der Waals surface area (Å²) >= 11 is 0. The van der Waals surface area contributed by atoms with Crippen LogP contribution in [0.1, 0.15) is 53.5 Å². The first-order valence-electron chi connectivity index (χ1n) is 11.3. The third-order valence-corrected chi connectivity index (χ3v) is 8.53. The molecule has 2 aromatic carbocycles. The summed E-state index contributed by atoms with van der Waals surface area (Å²) in [4.78, 5) is 14.6. The zero-order valence-electron chi connectivity index (χ0n) is 18.3. The van der Waals surface area contributed by atoms with Gasteiger partial charge in [0.2, 0.25) is 0 Å². The van der Waals surface area contributed by atoms with Crippen molar-refractivity contribution in [3.63, 3.8) is 0 Å². The fourth-order valence-corrected chi connectivity index (χ4v) is 6.01. The largest absolute Gasteiger partial charge is 0.354 e. The van der Waals surface area contributed by atoms with E-state index in [1.165, 1.54) is 29.7 Å². The number of fused-ring (bicyclic) bond motifs is 2. The number of carbonyl (C=O) groups is 1. The van der Waals surface area contributed by atoms with Crippen molar-refractivity contribution in [2.45, 2.75) is 68.8 Å². The van der Waals surface area contributed by atoms with Gasteiger partial charge >= 0.3 is 6.03 Å². The molecule has 0 aromatic heterocycles. The molecule has 32 heavy (non-hydrogen) atoms. The van der Waals surface area contributed by atoms with E-state index in [1.807, 2.05) is 7.05 Å². The summed E-state index contributed by atoms with van der Waals surface area (Å²) in [6.45, 7) is 0.607. The highest BCUT2D eigenvalue weighted by Gasteiger charge is 2.27. The summed E-state index contributed by atoms with van der Waals surface area (Å²) in [5, 5.41) is 8.69. The van der Waals surface area contributed by atoms with Gasteiger partial charge in [-0.25, -0.2) is 18.5 Å². The van der Waals surface area contributed by atoms with Crippen LogP contribution in [0.25, 0.3) is 0 Å². The second-order valence-electron chi connectivity index (χ2n) is 9.24. The molecule has 5 rings (SSSR count). The van der Waals surface area contributed by atoms with E-state index in [1.54, 1.807) is 6.07 Å². The summed E-state index contributed by atoms with van der Waals surface area (Å²) in [5.74, 6) is -0.696. The Kier molecular flexibility index (Phi) is 5.55. The molecule has 0 spiro atoms. The average Bonchev–Trinajstić information content (AvgIpc) is 3.10. The van der Waals surface area contributed by atoms with Crippen LogP contribution in [0.2, 0.25) is 0 Å². The third kappa shape index (κ3) is 3.95. The molecular formula is C24H29FN4O2S. The molecule has 0 radical (unpaired) electrons. The molecule has 0 aliphatic heterocycles. The van der Waals surface area contributed by atoms with E-state index in [0.29, 0.717) is 12.6 Å². The Balaban J connectivity index is 1.36. The lowest BCUT2D eigenvalue weighted by Gasteiger charge is -2.34. The van der Waals surface area contributed by atoms with Crippen LogP contribution in [0.5, 0.6) is 0 Å². The first kappa shape index (κ1) is 21.6. The lowest BCUT2D eigenvalue weighted by molar-refractivity contribution is 0.152. The highest BCUT2D eigenvalue weighted by molar-refractivity contribution is 7.91. The van der Waals surface area contributed by atoms with Crippen LogP contribution in [0.4, 0.5) is 14.9 Å². The van der Waals surface area contributed by atoms with E-state index < -0.39 is 21.8 Å². The zero-order chi connectivity index (χ0) is 22.5. The number of hydrogen-bond donors (Lipinski definition) is 2. The quantitative estimate of drug-likeness (QED) is 0.702. The normalized spacial score (nSPS) is 18.9. The van der Waals surface area contributed by atoms with Crippen molar-refractivity contribution >= 4 is 21.6 Å². The number of urea groups is 1. The average molecular weight is 457 g/mol. The maximum Gasteiger partial charge on any atom is 0.354 e. The molecular weight excluding hydrogens is 427 g/mol. The number of amides is 2. The number of nitrogens with one attached hydrogen (secondary N) is 1. The SMILES string of the molecule is CN(Cc1ccc([S@](N)(=O)=NC(=O)Nc2c3c(cc4c2CC4)CCC3)c(F)c1)C1CCC1.